The zero-order valence-electron chi connectivity index (χ0n) is 9.13. The highest BCUT2D eigenvalue weighted by Gasteiger charge is 2.17. The van der Waals surface area contributed by atoms with Crippen molar-refractivity contribution in [3.8, 4) is 0 Å². The minimum atomic E-state index is -0.528. The van der Waals surface area contributed by atoms with E-state index in [0.29, 0.717) is 10.7 Å². The Balaban J connectivity index is 2.77. The van der Waals surface area contributed by atoms with Crippen LogP contribution in [0.15, 0.2) is 22.7 Å². The molecular formula is C11H14BrClN2O. The molecule has 0 radical (unpaired) electrons. The quantitative estimate of drug-likeness (QED) is 0.902. The van der Waals surface area contributed by atoms with E-state index in [-0.39, 0.29) is 11.8 Å². The average molecular weight is 306 g/mol. The van der Waals surface area contributed by atoms with Crippen LogP contribution >= 0.6 is 27.5 Å². The van der Waals surface area contributed by atoms with Crippen LogP contribution in [-0.2, 0) is 4.79 Å². The molecule has 88 valence electrons. The highest BCUT2D eigenvalue weighted by Crippen LogP contribution is 2.25. The van der Waals surface area contributed by atoms with Gasteiger partial charge in [0.15, 0.2) is 0 Å². The normalized spacial score (nSPS) is 12.6. The lowest BCUT2D eigenvalue weighted by atomic mass is 10.1. The van der Waals surface area contributed by atoms with Gasteiger partial charge in [0.2, 0.25) is 5.91 Å². The van der Waals surface area contributed by atoms with Crippen molar-refractivity contribution in [2.24, 2.45) is 11.7 Å². The van der Waals surface area contributed by atoms with Gasteiger partial charge in [-0.05, 0) is 24.1 Å². The van der Waals surface area contributed by atoms with E-state index < -0.39 is 6.04 Å². The maximum atomic E-state index is 11.7. The molecule has 0 aliphatic carbocycles. The van der Waals surface area contributed by atoms with E-state index in [4.69, 9.17) is 17.3 Å². The molecule has 0 aliphatic rings. The second-order valence-electron chi connectivity index (χ2n) is 3.88. The van der Waals surface area contributed by atoms with Gasteiger partial charge in [0.05, 0.1) is 16.8 Å². The number of hydrogen-bond acceptors (Lipinski definition) is 2. The summed E-state index contributed by atoms with van der Waals surface area (Å²) in [5, 5.41) is 3.19. The van der Waals surface area contributed by atoms with Crippen LogP contribution in [0.25, 0.3) is 0 Å². The first-order valence-electron chi connectivity index (χ1n) is 4.93. The number of carbonyl (C=O) groups is 1. The van der Waals surface area contributed by atoms with Crippen LogP contribution in [0.3, 0.4) is 0 Å². The minimum absolute atomic E-state index is 0.0919. The zero-order valence-corrected chi connectivity index (χ0v) is 11.5. The lowest BCUT2D eigenvalue weighted by Crippen LogP contribution is -2.39. The summed E-state index contributed by atoms with van der Waals surface area (Å²) in [5.41, 5.74) is 6.30. The van der Waals surface area contributed by atoms with Gasteiger partial charge < -0.3 is 11.1 Å². The van der Waals surface area contributed by atoms with Crippen LogP contribution in [0.2, 0.25) is 5.02 Å². The number of carbonyl (C=O) groups excluding carboxylic acids is 1. The Morgan fingerprint density at radius 3 is 2.62 bits per heavy atom. The lowest BCUT2D eigenvalue weighted by molar-refractivity contribution is -0.118. The maximum absolute atomic E-state index is 11.7. The largest absolute Gasteiger partial charge is 0.323 e. The topological polar surface area (TPSA) is 55.1 Å². The van der Waals surface area contributed by atoms with E-state index in [0.717, 1.165) is 4.47 Å². The van der Waals surface area contributed by atoms with Crippen molar-refractivity contribution >= 4 is 39.1 Å². The van der Waals surface area contributed by atoms with E-state index in [9.17, 15) is 4.79 Å². The second-order valence-corrected chi connectivity index (χ2v) is 5.21. The number of rotatable bonds is 3. The summed E-state index contributed by atoms with van der Waals surface area (Å²) in [6.45, 7) is 3.79. The summed E-state index contributed by atoms with van der Waals surface area (Å²) in [6.07, 6.45) is 0. The monoisotopic (exact) mass is 304 g/mol. The summed E-state index contributed by atoms with van der Waals surface area (Å²) in [5.74, 6) is -0.131. The van der Waals surface area contributed by atoms with Gasteiger partial charge in [-0.2, -0.15) is 0 Å². The molecule has 1 rings (SSSR count). The maximum Gasteiger partial charge on any atom is 0.241 e. The van der Waals surface area contributed by atoms with Gasteiger partial charge in [0, 0.05) is 4.47 Å². The molecule has 1 aromatic carbocycles. The van der Waals surface area contributed by atoms with Crippen molar-refractivity contribution in [3.05, 3.63) is 27.7 Å². The van der Waals surface area contributed by atoms with Crippen LogP contribution < -0.4 is 11.1 Å². The van der Waals surface area contributed by atoms with Gasteiger partial charge in [-0.15, -0.1) is 0 Å². The Hall–Kier alpha value is -0.580. The Labute approximate surface area is 108 Å². The van der Waals surface area contributed by atoms with Crippen LogP contribution in [0.5, 0.6) is 0 Å². The van der Waals surface area contributed by atoms with E-state index >= 15 is 0 Å². The average Bonchev–Trinajstić information content (AvgIpc) is 2.20. The Bertz CT molecular complexity index is 396. The number of nitrogens with one attached hydrogen (secondary N) is 1. The third-order valence-corrected chi connectivity index (χ3v) is 3.02. The third kappa shape index (κ3) is 3.47. The van der Waals surface area contributed by atoms with Crippen LogP contribution in [0, 0.1) is 5.92 Å². The Morgan fingerprint density at radius 2 is 2.12 bits per heavy atom. The molecule has 1 amide bonds. The smallest absolute Gasteiger partial charge is 0.241 e. The first kappa shape index (κ1) is 13.5. The van der Waals surface area contributed by atoms with Crippen molar-refractivity contribution < 1.29 is 4.79 Å². The van der Waals surface area contributed by atoms with Crippen LogP contribution in [-0.4, -0.2) is 11.9 Å². The molecule has 0 aliphatic heterocycles. The van der Waals surface area contributed by atoms with E-state index in [1.165, 1.54) is 0 Å². The number of amides is 1. The van der Waals surface area contributed by atoms with Crippen LogP contribution in [0.4, 0.5) is 5.69 Å². The molecule has 16 heavy (non-hydrogen) atoms. The van der Waals surface area contributed by atoms with Gasteiger partial charge in [-0.3, -0.25) is 4.79 Å². The third-order valence-electron chi connectivity index (χ3n) is 2.21. The Morgan fingerprint density at radius 1 is 1.50 bits per heavy atom. The molecule has 0 bridgehead atoms. The Kier molecular flexibility index (Phi) is 4.77. The molecule has 0 heterocycles. The summed E-state index contributed by atoms with van der Waals surface area (Å²) in [7, 11) is 0. The molecule has 0 saturated heterocycles. The van der Waals surface area contributed by atoms with Crippen molar-refractivity contribution in [2.45, 2.75) is 19.9 Å². The van der Waals surface area contributed by atoms with E-state index in [2.05, 4.69) is 21.2 Å². The molecule has 3 nitrogen and oxygen atoms in total. The summed E-state index contributed by atoms with van der Waals surface area (Å²) in [6, 6.07) is 4.73. The molecule has 1 atom stereocenters. The molecule has 3 N–H and O–H groups in total. The lowest BCUT2D eigenvalue weighted by Gasteiger charge is -2.16. The number of benzene rings is 1. The SMILES string of the molecule is CC(C)[C@@H](N)C(=O)Nc1ccc(Br)cc1Cl. The van der Waals surface area contributed by atoms with Crippen molar-refractivity contribution in [2.75, 3.05) is 5.32 Å². The summed E-state index contributed by atoms with van der Waals surface area (Å²) >= 11 is 9.27. The van der Waals surface area contributed by atoms with Gasteiger partial charge in [0.1, 0.15) is 0 Å². The summed E-state index contributed by atoms with van der Waals surface area (Å²) in [4.78, 5) is 11.7. The second kappa shape index (κ2) is 5.66. The molecule has 0 fully saturated rings. The fourth-order valence-corrected chi connectivity index (χ4v) is 1.83. The first-order valence-corrected chi connectivity index (χ1v) is 6.10. The predicted octanol–water partition coefficient (Wildman–Crippen LogP) is 3.02. The highest BCUT2D eigenvalue weighted by atomic mass is 79.9. The number of nitrogens with two attached hydrogens (primary N) is 1. The molecule has 1 aromatic rings. The molecular weight excluding hydrogens is 291 g/mol. The van der Waals surface area contributed by atoms with Gasteiger partial charge in [-0.25, -0.2) is 0 Å². The molecule has 0 spiro atoms. The molecule has 5 heteroatoms. The molecule has 0 unspecified atom stereocenters. The van der Waals surface area contributed by atoms with Crippen molar-refractivity contribution in [1.29, 1.82) is 0 Å². The first-order chi connectivity index (χ1) is 7.41. The van der Waals surface area contributed by atoms with E-state index in [1.54, 1.807) is 12.1 Å². The number of anilines is 1. The molecule has 0 aromatic heterocycles. The van der Waals surface area contributed by atoms with E-state index in [1.807, 2.05) is 19.9 Å². The van der Waals surface area contributed by atoms with Crippen molar-refractivity contribution in [3.63, 3.8) is 0 Å². The number of hydrogen-bond donors (Lipinski definition) is 2. The summed E-state index contributed by atoms with van der Waals surface area (Å²) < 4.78 is 0.864. The van der Waals surface area contributed by atoms with Crippen molar-refractivity contribution in [1.82, 2.24) is 0 Å². The number of halogens is 2. The molecule has 0 saturated carbocycles. The van der Waals surface area contributed by atoms with Crippen LogP contribution in [0.1, 0.15) is 13.8 Å². The minimum Gasteiger partial charge on any atom is -0.323 e. The predicted molar refractivity (Wildman–Crippen MR) is 70.6 cm³/mol. The fourth-order valence-electron chi connectivity index (χ4n) is 1.11. The van der Waals surface area contributed by atoms with Gasteiger partial charge in [-0.1, -0.05) is 41.4 Å². The van der Waals surface area contributed by atoms with Gasteiger partial charge in [0.25, 0.3) is 0 Å². The fraction of sp³-hybridized carbons (Fsp3) is 0.364. The highest BCUT2D eigenvalue weighted by molar-refractivity contribution is 9.10. The zero-order chi connectivity index (χ0) is 12.3. The standard InChI is InChI=1S/C11H14BrClN2O/c1-6(2)10(14)11(16)15-9-4-3-7(12)5-8(9)13/h3-6,10H,14H2,1-2H3,(H,15,16)/t10-/m1/s1. The van der Waals surface area contributed by atoms with Gasteiger partial charge >= 0.3 is 0 Å².